The minimum absolute atomic E-state index is 0.0463. The highest BCUT2D eigenvalue weighted by atomic mass is 16.6. The van der Waals surface area contributed by atoms with Crippen LogP contribution >= 0.6 is 0 Å². The lowest BCUT2D eigenvalue weighted by atomic mass is 10.5. The first kappa shape index (κ1) is 9.31. The molecule has 0 amide bonds. The first-order valence-corrected chi connectivity index (χ1v) is 4.20. The Balaban J connectivity index is 2.69. The third kappa shape index (κ3) is 1.45. The third-order valence-electron chi connectivity index (χ3n) is 1.72. The molecule has 0 aliphatic heterocycles. The predicted molar refractivity (Wildman–Crippen MR) is 48.6 cm³/mol. The van der Waals surface area contributed by atoms with Crippen LogP contribution in [0.2, 0.25) is 0 Å². The van der Waals surface area contributed by atoms with E-state index >= 15 is 0 Å². The molecule has 2 aromatic rings. The summed E-state index contributed by atoms with van der Waals surface area (Å²) < 4.78 is 6.34. The van der Waals surface area contributed by atoms with Gasteiger partial charge in [-0.3, -0.25) is 10.1 Å². The van der Waals surface area contributed by atoms with Crippen molar-refractivity contribution in [3.05, 3.63) is 22.6 Å². The summed E-state index contributed by atoms with van der Waals surface area (Å²) in [5, 5.41) is 14.5. The number of hydrogen-bond acceptors (Lipinski definition) is 6. The van der Waals surface area contributed by atoms with Gasteiger partial charge in [0.1, 0.15) is 12.5 Å². The van der Waals surface area contributed by atoms with Gasteiger partial charge in [0.05, 0.1) is 11.5 Å². The van der Waals surface area contributed by atoms with E-state index in [0.29, 0.717) is 6.61 Å². The first-order valence-electron chi connectivity index (χ1n) is 4.20. The van der Waals surface area contributed by atoms with Crippen LogP contribution in [0.1, 0.15) is 6.92 Å². The van der Waals surface area contributed by atoms with Gasteiger partial charge in [-0.2, -0.15) is 9.50 Å². The molecular formula is C7H7N5O3. The van der Waals surface area contributed by atoms with Crippen molar-refractivity contribution in [2.45, 2.75) is 6.92 Å². The van der Waals surface area contributed by atoms with Gasteiger partial charge < -0.3 is 4.74 Å². The van der Waals surface area contributed by atoms with Gasteiger partial charge in [-0.1, -0.05) is 0 Å². The van der Waals surface area contributed by atoms with Crippen molar-refractivity contribution in [3.8, 4) is 5.88 Å². The minimum atomic E-state index is -0.570. The average Bonchev–Trinajstić information content (AvgIpc) is 2.66. The molecule has 0 aromatic carbocycles. The molecule has 2 aromatic heterocycles. The van der Waals surface area contributed by atoms with Gasteiger partial charge in [0.25, 0.3) is 11.7 Å². The number of rotatable bonds is 3. The maximum absolute atomic E-state index is 10.7. The normalized spacial score (nSPS) is 10.5. The Morgan fingerprint density at radius 2 is 2.40 bits per heavy atom. The van der Waals surface area contributed by atoms with Crippen LogP contribution < -0.4 is 4.74 Å². The van der Waals surface area contributed by atoms with Gasteiger partial charge in [-0.25, -0.2) is 4.98 Å². The molecule has 0 radical (unpaired) electrons. The second-order valence-electron chi connectivity index (χ2n) is 2.61. The van der Waals surface area contributed by atoms with E-state index in [1.807, 2.05) is 0 Å². The smallest absolute Gasteiger partial charge is 0.349 e. The van der Waals surface area contributed by atoms with Crippen molar-refractivity contribution in [2.24, 2.45) is 0 Å². The van der Waals surface area contributed by atoms with Crippen molar-refractivity contribution in [2.75, 3.05) is 6.61 Å². The van der Waals surface area contributed by atoms with Gasteiger partial charge in [0.15, 0.2) is 0 Å². The zero-order chi connectivity index (χ0) is 10.8. The van der Waals surface area contributed by atoms with Gasteiger partial charge in [0, 0.05) is 0 Å². The Hall–Kier alpha value is -2.25. The quantitative estimate of drug-likeness (QED) is 0.537. The molecule has 0 saturated carbocycles. The van der Waals surface area contributed by atoms with Crippen molar-refractivity contribution in [3.63, 3.8) is 0 Å². The van der Waals surface area contributed by atoms with E-state index in [4.69, 9.17) is 4.74 Å². The Kier molecular flexibility index (Phi) is 2.16. The molecule has 78 valence electrons. The van der Waals surface area contributed by atoms with Crippen LogP contribution in [-0.2, 0) is 0 Å². The Labute approximate surface area is 83.7 Å². The topological polar surface area (TPSA) is 95.5 Å². The molecule has 0 fully saturated rings. The Bertz CT molecular complexity index is 508. The van der Waals surface area contributed by atoms with Gasteiger partial charge in [0.2, 0.25) is 0 Å². The fraction of sp³-hybridized carbons (Fsp3) is 0.286. The summed E-state index contributed by atoms with van der Waals surface area (Å²) >= 11 is 0. The molecule has 8 nitrogen and oxygen atoms in total. The standard InChI is InChI=1S/C7H7N5O3/c1-2-15-6-5(12(13)14)3-8-7-9-4-10-11(6)7/h3-4H,2H2,1H3. The van der Waals surface area contributed by atoms with Gasteiger partial charge in [-0.15, -0.1) is 5.10 Å². The second kappa shape index (κ2) is 3.48. The zero-order valence-corrected chi connectivity index (χ0v) is 7.82. The van der Waals surface area contributed by atoms with Crippen molar-refractivity contribution < 1.29 is 9.66 Å². The van der Waals surface area contributed by atoms with E-state index in [1.54, 1.807) is 6.92 Å². The van der Waals surface area contributed by atoms with Crippen LogP contribution in [0.3, 0.4) is 0 Å². The third-order valence-corrected chi connectivity index (χ3v) is 1.72. The summed E-state index contributed by atoms with van der Waals surface area (Å²) in [5.74, 6) is 0.314. The second-order valence-corrected chi connectivity index (χ2v) is 2.61. The predicted octanol–water partition coefficient (Wildman–Crippen LogP) is 0.431. The van der Waals surface area contributed by atoms with E-state index in [0.717, 1.165) is 6.20 Å². The molecule has 0 N–H and O–H groups in total. The maximum atomic E-state index is 10.7. The lowest BCUT2D eigenvalue weighted by Gasteiger charge is -2.04. The minimum Gasteiger partial charge on any atom is -0.473 e. The molecule has 0 unspecified atom stereocenters. The van der Waals surface area contributed by atoms with Crippen LogP contribution in [0.5, 0.6) is 5.88 Å². The Morgan fingerprint density at radius 3 is 3.07 bits per heavy atom. The number of fused-ring (bicyclic) bond motifs is 1. The van der Waals surface area contributed by atoms with E-state index in [2.05, 4.69) is 15.1 Å². The van der Waals surface area contributed by atoms with Gasteiger partial charge in [-0.05, 0) is 6.92 Å². The van der Waals surface area contributed by atoms with Crippen LogP contribution in [-0.4, -0.2) is 31.1 Å². The summed E-state index contributed by atoms with van der Waals surface area (Å²) in [5.41, 5.74) is -0.227. The molecule has 0 saturated heterocycles. The largest absolute Gasteiger partial charge is 0.473 e. The fourth-order valence-electron chi connectivity index (χ4n) is 1.15. The van der Waals surface area contributed by atoms with E-state index in [1.165, 1.54) is 10.8 Å². The van der Waals surface area contributed by atoms with Crippen molar-refractivity contribution in [1.82, 2.24) is 19.6 Å². The fourth-order valence-corrected chi connectivity index (χ4v) is 1.15. The summed E-state index contributed by atoms with van der Waals surface area (Å²) in [4.78, 5) is 17.7. The Morgan fingerprint density at radius 1 is 1.60 bits per heavy atom. The maximum Gasteiger partial charge on any atom is 0.349 e. The number of hydrogen-bond donors (Lipinski definition) is 0. The van der Waals surface area contributed by atoms with Gasteiger partial charge >= 0.3 is 5.69 Å². The molecule has 2 heterocycles. The molecule has 15 heavy (non-hydrogen) atoms. The molecule has 0 aliphatic carbocycles. The number of nitrogens with zero attached hydrogens (tertiary/aromatic N) is 5. The van der Waals surface area contributed by atoms with E-state index < -0.39 is 4.92 Å². The molecule has 0 bridgehead atoms. The average molecular weight is 209 g/mol. The summed E-state index contributed by atoms with van der Waals surface area (Å²) in [7, 11) is 0. The monoisotopic (exact) mass is 209 g/mol. The zero-order valence-electron chi connectivity index (χ0n) is 7.82. The number of ether oxygens (including phenoxy) is 1. The lowest BCUT2D eigenvalue weighted by Crippen LogP contribution is -2.05. The van der Waals surface area contributed by atoms with Crippen LogP contribution in [0.15, 0.2) is 12.5 Å². The van der Waals surface area contributed by atoms with Crippen molar-refractivity contribution >= 4 is 11.5 Å². The number of nitro groups is 1. The summed E-state index contributed by atoms with van der Waals surface area (Å²) in [6.45, 7) is 2.03. The van der Waals surface area contributed by atoms with Crippen molar-refractivity contribution in [1.29, 1.82) is 0 Å². The van der Waals surface area contributed by atoms with Crippen LogP contribution in [0.25, 0.3) is 5.78 Å². The van der Waals surface area contributed by atoms with E-state index in [-0.39, 0.29) is 17.3 Å². The molecule has 0 atom stereocenters. The highest BCUT2D eigenvalue weighted by Gasteiger charge is 2.20. The summed E-state index contributed by atoms with van der Waals surface area (Å²) in [6.07, 6.45) is 2.36. The highest BCUT2D eigenvalue weighted by Crippen LogP contribution is 2.24. The van der Waals surface area contributed by atoms with Crippen LogP contribution in [0.4, 0.5) is 5.69 Å². The lowest BCUT2D eigenvalue weighted by molar-refractivity contribution is -0.386. The highest BCUT2D eigenvalue weighted by molar-refractivity contribution is 5.45. The molecule has 8 heteroatoms. The molecule has 0 spiro atoms. The first-order chi connectivity index (χ1) is 7.24. The van der Waals surface area contributed by atoms with Crippen LogP contribution in [0, 0.1) is 10.1 Å². The SMILES string of the molecule is CCOc1c([N+](=O)[O-])cnc2ncnn12. The summed E-state index contributed by atoms with van der Waals surface area (Å²) in [6, 6.07) is 0. The molecule has 0 aliphatic rings. The number of aromatic nitrogens is 4. The molecular weight excluding hydrogens is 202 g/mol. The molecule has 2 rings (SSSR count). The van der Waals surface area contributed by atoms with E-state index in [9.17, 15) is 10.1 Å².